The summed E-state index contributed by atoms with van der Waals surface area (Å²) in [6.07, 6.45) is 1.48. The van der Waals surface area contributed by atoms with E-state index in [1.165, 1.54) is 13.3 Å². The maximum Gasteiger partial charge on any atom is 0.277 e. The van der Waals surface area contributed by atoms with Gasteiger partial charge in [-0.05, 0) is 35.9 Å². The zero-order valence-corrected chi connectivity index (χ0v) is 13.9. The van der Waals surface area contributed by atoms with Gasteiger partial charge in [-0.25, -0.2) is 5.43 Å². The van der Waals surface area contributed by atoms with Crippen LogP contribution in [0.1, 0.15) is 11.1 Å². The van der Waals surface area contributed by atoms with Crippen molar-refractivity contribution in [3.05, 3.63) is 53.6 Å². The zero-order valence-electron chi connectivity index (χ0n) is 13.9. The molecule has 0 bridgehead atoms. The van der Waals surface area contributed by atoms with Crippen LogP contribution in [0, 0.1) is 11.3 Å². The smallest absolute Gasteiger partial charge is 0.277 e. The predicted octanol–water partition coefficient (Wildman–Crippen LogP) is 2.10. The normalized spacial score (nSPS) is 10.1. The molecule has 0 saturated heterocycles. The molecule has 0 saturated carbocycles. The minimum atomic E-state index is -0.440. The molecule has 0 spiro atoms. The van der Waals surface area contributed by atoms with Gasteiger partial charge in [0.15, 0.2) is 18.1 Å². The van der Waals surface area contributed by atoms with E-state index < -0.39 is 5.91 Å². The van der Waals surface area contributed by atoms with Crippen molar-refractivity contribution in [2.45, 2.75) is 0 Å². The van der Waals surface area contributed by atoms with Crippen LogP contribution in [0.4, 0.5) is 0 Å². The average Bonchev–Trinajstić information content (AvgIpc) is 2.66. The van der Waals surface area contributed by atoms with Gasteiger partial charge in [0.2, 0.25) is 0 Å². The molecule has 0 aromatic heterocycles. The lowest BCUT2D eigenvalue weighted by molar-refractivity contribution is -0.123. The van der Waals surface area contributed by atoms with E-state index in [0.717, 1.165) is 5.56 Å². The fourth-order valence-corrected chi connectivity index (χ4v) is 1.97. The van der Waals surface area contributed by atoms with Gasteiger partial charge in [0, 0.05) is 0 Å². The number of rotatable bonds is 7. The predicted molar refractivity (Wildman–Crippen MR) is 91.9 cm³/mol. The molecule has 25 heavy (non-hydrogen) atoms. The number of amides is 1. The van der Waals surface area contributed by atoms with Gasteiger partial charge in [0.25, 0.3) is 5.91 Å². The van der Waals surface area contributed by atoms with Gasteiger partial charge in [-0.2, -0.15) is 10.4 Å². The summed E-state index contributed by atoms with van der Waals surface area (Å²) in [6.45, 7) is -0.248. The van der Waals surface area contributed by atoms with E-state index in [4.69, 9.17) is 19.5 Å². The summed E-state index contributed by atoms with van der Waals surface area (Å²) in [6, 6.07) is 13.9. The molecule has 128 valence electrons. The zero-order chi connectivity index (χ0) is 18.1. The van der Waals surface area contributed by atoms with Crippen LogP contribution in [-0.2, 0) is 4.79 Å². The lowest BCUT2D eigenvalue weighted by Gasteiger charge is -2.07. The van der Waals surface area contributed by atoms with Gasteiger partial charge < -0.3 is 14.2 Å². The van der Waals surface area contributed by atoms with Crippen LogP contribution >= 0.6 is 0 Å². The van der Waals surface area contributed by atoms with E-state index in [-0.39, 0.29) is 6.61 Å². The number of ether oxygens (including phenoxy) is 3. The molecule has 1 amide bonds. The van der Waals surface area contributed by atoms with Gasteiger partial charge in [-0.3, -0.25) is 4.79 Å². The molecular formula is C18H17N3O4. The Morgan fingerprint density at radius 2 is 1.92 bits per heavy atom. The summed E-state index contributed by atoms with van der Waals surface area (Å²) < 4.78 is 15.7. The average molecular weight is 339 g/mol. The molecule has 2 aromatic carbocycles. The molecule has 0 unspecified atom stereocenters. The van der Waals surface area contributed by atoms with E-state index in [9.17, 15) is 4.79 Å². The number of carbonyl (C=O) groups is 1. The Morgan fingerprint density at radius 1 is 1.16 bits per heavy atom. The van der Waals surface area contributed by atoms with Crippen molar-refractivity contribution < 1.29 is 19.0 Å². The first-order valence-corrected chi connectivity index (χ1v) is 7.33. The van der Waals surface area contributed by atoms with Gasteiger partial charge in [-0.15, -0.1) is 0 Å². The minimum absolute atomic E-state index is 0.248. The van der Waals surface area contributed by atoms with Crippen LogP contribution in [0.25, 0.3) is 0 Å². The highest BCUT2D eigenvalue weighted by Gasteiger charge is 2.06. The van der Waals surface area contributed by atoms with Crippen LogP contribution in [-0.4, -0.2) is 32.9 Å². The van der Waals surface area contributed by atoms with Crippen LogP contribution in [0.5, 0.6) is 17.2 Å². The lowest BCUT2D eigenvalue weighted by atomic mass is 10.2. The Kier molecular flexibility index (Phi) is 6.37. The molecular weight excluding hydrogens is 322 g/mol. The number of nitriles is 1. The Morgan fingerprint density at radius 3 is 2.64 bits per heavy atom. The second kappa shape index (κ2) is 8.93. The van der Waals surface area contributed by atoms with Crippen molar-refractivity contribution in [1.82, 2.24) is 5.43 Å². The fraction of sp³-hybridized carbons (Fsp3) is 0.167. The first-order chi connectivity index (χ1) is 12.2. The van der Waals surface area contributed by atoms with Crippen molar-refractivity contribution in [2.24, 2.45) is 5.10 Å². The first-order valence-electron chi connectivity index (χ1n) is 7.33. The summed E-state index contributed by atoms with van der Waals surface area (Å²) in [5, 5.41) is 12.8. The van der Waals surface area contributed by atoms with Crippen LogP contribution in [0.2, 0.25) is 0 Å². The second-order valence-electron chi connectivity index (χ2n) is 4.80. The minimum Gasteiger partial charge on any atom is -0.493 e. The van der Waals surface area contributed by atoms with E-state index in [2.05, 4.69) is 10.5 Å². The third-order valence-corrected chi connectivity index (χ3v) is 3.18. The quantitative estimate of drug-likeness (QED) is 0.616. The third kappa shape index (κ3) is 4.97. The maximum absolute atomic E-state index is 11.8. The molecule has 0 aliphatic heterocycles. The van der Waals surface area contributed by atoms with E-state index in [0.29, 0.717) is 22.8 Å². The third-order valence-electron chi connectivity index (χ3n) is 3.18. The lowest BCUT2D eigenvalue weighted by Crippen LogP contribution is -2.24. The summed E-state index contributed by atoms with van der Waals surface area (Å²) in [4.78, 5) is 11.8. The molecule has 0 fully saturated rings. The Hall–Kier alpha value is -3.53. The fourth-order valence-electron chi connectivity index (χ4n) is 1.97. The Balaban J connectivity index is 1.89. The molecule has 2 aromatic rings. The SMILES string of the molecule is COc1ccc(C=NNC(=O)COc2ccccc2C#N)cc1OC. The standard InChI is InChI=1S/C18H17N3O4/c1-23-16-8-7-13(9-17(16)24-2)11-20-21-18(22)12-25-15-6-4-3-5-14(15)10-19/h3-9,11H,12H2,1-2H3,(H,21,22). The number of benzene rings is 2. The molecule has 0 aliphatic carbocycles. The highest BCUT2D eigenvalue weighted by atomic mass is 16.5. The summed E-state index contributed by atoms with van der Waals surface area (Å²) in [5.41, 5.74) is 3.45. The molecule has 1 N–H and O–H groups in total. The molecule has 0 heterocycles. The molecule has 0 atom stereocenters. The van der Waals surface area contributed by atoms with Gasteiger partial charge in [0.05, 0.1) is 26.0 Å². The summed E-state index contributed by atoms with van der Waals surface area (Å²) >= 11 is 0. The molecule has 7 heteroatoms. The van der Waals surface area contributed by atoms with Crippen LogP contribution < -0.4 is 19.6 Å². The van der Waals surface area contributed by atoms with E-state index in [1.54, 1.807) is 49.6 Å². The second-order valence-corrected chi connectivity index (χ2v) is 4.80. The molecule has 7 nitrogen and oxygen atoms in total. The van der Waals surface area contributed by atoms with E-state index in [1.807, 2.05) is 6.07 Å². The number of methoxy groups -OCH3 is 2. The number of hydrazone groups is 1. The van der Waals surface area contributed by atoms with Gasteiger partial charge in [0.1, 0.15) is 11.8 Å². The number of nitrogens with zero attached hydrogens (tertiary/aromatic N) is 2. The number of hydrogen-bond acceptors (Lipinski definition) is 6. The number of carbonyl (C=O) groups excluding carboxylic acids is 1. The van der Waals surface area contributed by atoms with Crippen molar-refractivity contribution in [3.8, 4) is 23.3 Å². The van der Waals surface area contributed by atoms with Crippen molar-refractivity contribution in [3.63, 3.8) is 0 Å². The number of para-hydroxylation sites is 1. The van der Waals surface area contributed by atoms with Gasteiger partial charge >= 0.3 is 0 Å². The topological polar surface area (TPSA) is 92.9 Å². The summed E-state index contributed by atoms with van der Waals surface area (Å²) in [5.74, 6) is 1.08. The van der Waals surface area contributed by atoms with Crippen molar-refractivity contribution >= 4 is 12.1 Å². The maximum atomic E-state index is 11.8. The Labute approximate surface area is 145 Å². The van der Waals surface area contributed by atoms with Gasteiger partial charge in [-0.1, -0.05) is 12.1 Å². The number of nitrogens with one attached hydrogen (secondary N) is 1. The monoisotopic (exact) mass is 339 g/mol. The highest BCUT2D eigenvalue weighted by Crippen LogP contribution is 2.26. The van der Waals surface area contributed by atoms with Crippen LogP contribution in [0.3, 0.4) is 0 Å². The molecule has 2 rings (SSSR count). The van der Waals surface area contributed by atoms with Crippen molar-refractivity contribution in [1.29, 1.82) is 5.26 Å². The Bertz CT molecular complexity index is 812. The summed E-state index contributed by atoms with van der Waals surface area (Å²) in [7, 11) is 3.09. The number of hydrogen-bond donors (Lipinski definition) is 1. The first kappa shape index (κ1) is 17.8. The molecule has 0 aliphatic rings. The largest absolute Gasteiger partial charge is 0.493 e. The molecule has 0 radical (unpaired) electrons. The van der Waals surface area contributed by atoms with E-state index >= 15 is 0 Å². The van der Waals surface area contributed by atoms with Crippen molar-refractivity contribution in [2.75, 3.05) is 20.8 Å². The van der Waals surface area contributed by atoms with Crippen LogP contribution in [0.15, 0.2) is 47.6 Å². The highest BCUT2D eigenvalue weighted by molar-refractivity contribution is 5.83.